The molecule has 2 fully saturated rings. The van der Waals surface area contributed by atoms with Gasteiger partial charge in [-0.05, 0) is 12.5 Å². The molecule has 2 aliphatic rings. The van der Waals surface area contributed by atoms with E-state index in [4.69, 9.17) is 16.3 Å². The molecule has 154 valence electrons. The quantitative estimate of drug-likeness (QED) is 0.510. The standard InChI is InChI=1S/C16H15ClF5N3O3/c17-11-8(18)2-1-7(12(11)19)13(6-3-10(28-5-6)16(20,21)22)25-14(26)9-4-23-15(27)24-9/h1-2,6,9-10,13H,3-5H2,(H,25,26)(H2,23,24,27)/t6?,9?,10?,13-/m0/s1. The van der Waals surface area contributed by atoms with Crippen molar-refractivity contribution in [3.63, 3.8) is 0 Å². The van der Waals surface area contributed by atoms with Gasteiger partial charge in [-0.1, -0.05) is 17.7 Å². The highest BCUT2D eigenvalue weighted by Gasteiger charge is 2.48. The molecule has 3 amide bonds. The molecular weight excluding hydrogens is 413 g/mol. The van der Waals surface area contributed by atoms with Gasteiger partial charge in [0.15, 0.2) is 6.10 Å². The first-order valence-electron chi connectivity index (χ1n) is 8.24. The van der Waals surface area contributed by atoms with Gasteiger partial charge in [-0.15, -0.1) is 0 Å². The molecule has 1 aromatic rings. The average molecular weight is 428 g/mol. The van der Waals surface area contributed by atoms with Gasteiger partial charge in [0.05, 0.1) is 12.6 Å². The van der Waals surface area contributed by atoms with E-state index in [9.17, 15) is 31.5 Å². The maximum Gasteiger partial charge on any atom is 0.414 e. The number of ether oxygens (including phenoxy) is 1. The molecule has 4 atom stereocenters. The summed E-state index contributed by atoms with van der Waals surface area (Å²) < 4.78 is 71.6. The topological polar surface area (TPSA) is 79.5 Å². The number of carbonyl (C=O) groups excluding carboxylic acids is 2. The predicted octanol–water partition coefficient (Wildman–Crippen LogP) is 2.42. The van der Waals surface area contributed by atoms with Crippen molar-refractivity contribution in [1.82, 2.24) is 16.0 Å². The molecule has 2 aliphatic heterocycles. The number of amides is 3. The molecule has 0 radical (unpaired) electrons. The van der Waals surface area contributed by atoms with Crippen LogP contribution in [-0.2, 0) is 9.53 Å². The number of benzene rings is 1. The lowest BCUT2D eigenvalue weighted by molar-refractivity contribution is -0.206. The van der Waals surface area contributed by atoms with Gasteiger partial charge in [-0.3, -0.25) is 4.79 Å². The molecule has 0 bridgehead atoms. The molecule has 0 spiro atoms. The van der Waals surface area contributed by atoms with E-state index in [1.807, 2.05) is 0 Å². The molecule has 3 N–H and O–H groups in total. The van der Waals surface area contributed by atoms with Gasteiger partial charge in [-0.2, -0.15) is 13.2 Å². The minimum atomic E-state index is -4.62. The van der Waals surface area contributed by atoms with E-state index >= 15 is 0 Å². The number of halogens is 6. The maximum absolute atomic E-state index is 14.5. The van der Waals surface area contributed by atoms with Crippen LogP contribution in [0.15, 0.2) is 12.1 Å². The Balaban J connectivity index is 1.88. The SMILES string of the molecule is O=C1NCC(C(=O)N[C@H](c2ccc(F)c(Cl)c2F)C2COC(C(F)(F)F)C2)N1. The van der Waals surface area contributed by atoms with E-state index in [1.54, 1.807) is 0 Å². The summed E-state index contributed by atoms with van der Waals surface area (Å²) in [5.74, 6) is -3.91. The Bertz CT molecular complexity index is 792. The van der Waals surface area contributed by atoms with Crippen LogP contribution in [-0.4, -0.2) is 43.4 Å². The Morgan fingerprint density at radius 3 is 2.61 bits per heavy atom. The van der Waals surface area contributed by atoms with Crippen LogP contribution in [0.5, 0.6) is 0 Å². The molecule has 3 rings (SSSR count). The zero-order chi connectivity index (χ0) is 20.6. The van der Waals surface area contributed by atoms with E-state index in [2.05, 4.69) is 16.0 Å². The van der Waals surface area contributed by atoms with Crippen molar-refractivity contribution in [1.29, 1.82) is 0 Å². The second-order valence-corrected chi connectivity index (χ2v) is 6.90. The van der Waals surface area contributed by atoms with Gasteiger partial charge in [0, 0.05) is 18.0 Å². The van der Waals surface area contributed by atoms with Crippen molar-refractivity contribution in [3.05, 3.63) is 34.4 Å². The molecule has 12 heteroatoms. The highest BCUT2D eigenvalue weighted by molar-refractivity contribution is 6.31. The molecule has 2 heterocycles. The molecule has 3 unspecified atom stereocenters. The van der Waals surface area contributed by atoms with Crippen LogP contribution in [0.2, 0.25) is 5.02 Å². The van der Waals surface area contributed by atoms with Crippen LogP contribution < -0.4 is 16.0 Å². The first kappa shape index (κ1) is 20.6. The van der Waals surface area contributed by atoms with Crippen LogP contribution in [0.3, 0.4) is 0 Å². The van der Waals surface area contributed by atoms with Crippen molar-refractivity contribution in [2.75, 3.05) is 13.2 Å². The molecule has 2 saturated heterocycles. The zero-order valence-corrected chi connectivity index (χ0v) is 14.8. The summed E-state index contributed by atoms with van der Waals surface area (Å²) in [5.41, 5.74) is -0.270. The number of rotatable bonds is 4. The fourth-order valence-electron chi connectivity index (χ4n) is 3.21. The largest absolute Gasteiger partial charge is 0.414 e. The van der Waals surface area contributed by atoms with Crippen molar-refractivity contribution in [2.45, 2.75) is 30.8 Å². The minimum absolute atomic E-state index is 0.0453. The highest BCUT2D eigenvalue weighted by atomic mass is 35.5. The average Bonchev–Trinajstić information content (AvgIpc) is 3.27. The Labute approximate surface area is 160 Å². The summed E-state index contributed by atoms with van der Waals surface area (Å²) in [6, 6.07) is -0.983. The second-order valence-electron chi connectivity index (χ2n) is 6.52. The molecule has 28 heavy (non-hydrogen) atoms. The van der Waals surface area contributed by atoms with Gasteiger partial charge in [0.2, 0.25) is 5.91 Å². The molecule has 0 saturated carbocycles. The summed E-state index contributed by atoms with van der Waals surface area (Å²) in [4.78, 5) is 23.6. The van der Waals surface area contributed by atoms with Gasteiger partial charge in [0.25, 0.3) is 0 Å². The normalized spacial score (nSPS) is 25.9. The van der Waals surface area contributed by atoms with E-state index in [0.29, 0.717) is 0 Å². The number of nitrogens with one attached hydrogen (secondary N) is 3. The first-order chi connectivity index (χ1) is 13.1. The minimum Gasteiger partial charge on any atom is -0.368 e. The van der Waals surface area contributed by atoms with Crippen molar-refractivity contribution >= 4 is 23.5 Å². The van der Waals surface area contributed by atoms with Crippen molar-refractivity contribution in [2.24, 2.45) is 5.92 Å². The highest BCUT2D eigenvalue weighted by Crippen LogP contribution is 2.40. The summed E-state index contributed by atoms with van der Waals surface area (Å²) >= 11 is 5.58. The molecule has 6 nitrogen and oxygen atoms in total. The van der Waals surface area contributed by atoms with Gasteiger partial charge < -0.3 is 20.7 Å². The third kappa shape index (κ3) is 4.14. The lowest BCUT2D eigenvalue weighted by Gasteiger charge is -2.26. The Kier molecular flexibility index (Phi) is 5.67. The van der Waals surface area contributed by atoms with Crippen LogP contribution in [0.1, 0.15) is 18.0 Å². The van der Waals surface area contributed by atoms with E-state index < -0.39 is 71.9 Å². The third-order valence-electron chi connectivity index (χ3n) is 4.65. The molecule has 1 aromatic carbocycles. The van der Waals surface area contributed by atoms with E-state index in [1.165, 1.54) is 0 Å². The summed E-state index contributed by atoms with van der Waals surface area (Å²) in [7, 11) is 0. The van der Waals surface area contributed by atoms with Gasteiger partial charge >= 0.3 is 12.2 Å². The number of alkyl halides is 3. The zero-order valence-electron chi connectivity index (χ0n) is 14.1. The number of urea groups is 1. The first-order valence-corrected chi connectivity index (χ1v) is 8.62. The summed E-state index contributed by atoms with van der Waals surface area (Å²) in [5, 5.41) is 6.28. The van der Waals surface area contributed by atoms with Crippen LogP contribution in [0, 0.1) is 17.6 Å². The van der Waals surface area contributed by atoms with E-state index in [0.717, 1.165) is 12.1 Å². The molecule has 0 aromatic heterocycles. The van der Waals surface area contributed by atoms with Crippen LogP contribution >= 0.6 is 11.6 Å². The third-order valence-corrected chi connectivity index (χ3v) is 5.00. The monoisotopic (exact) mass is 427 g/mol. The Hall–Kier alpha value is -2.14. The fraction of sp³-hybridized carbons (Fsp3) is 0.500. The number of hydrogen-bond donors (Lipinski definition) is 3. The fourth-order valence-corrected chi connectivity index (χ4v) is 3.38. The Morgan fingerprint density at radius 1 is 1.32 bits per heavy atom. The lowest BCUT2D eigenvalue weighted by atomic mass is 9.90. The lowest BCUT2D eigenvalue weighted by Crippen LogP contribution is -2.46. The Morgan fingerprint density at radius 2 is 2.04 bits per heavy atom. The second kappa shape index (κ2) is 7.70. The smallest absolute Gasteiger partial charge is 0.368 e. The van der Waals surface area contributed by atoms with Gasteiger partial charge in [-0.25, -0.2) is 13.6 Å². The molecule has 0 aliphatic carbocycles. The summed E-state index contributed by atoms with van der Waals surface area (Å²) in [6.07, 6.45) is -7.21. The summed E-state index contributed by atoms with van der Waals surface area (Å²) in [6.45, 7) is -0.449. The predicted molar refractivity (Wildman–Crippen MR) is 86.5 cm³/mol. The van der Waals surface area contributed by atoms with Gasteiger partial charge in [0.1, 0.15) is 22.7 Å². The number of carbonyl (C=O) groups is 2. The molecular formula is C16H15ClF5N3O3. The van der Waals surface area contributed by atoms with Crippen LogP contribution in [0.25, 0.3) is 0 Å². The van der Waals surface area contributed by atoms with E-state index in [-0.39, 0.29) is 12.1 Å². The number of hydrogen-bond acceptors (Lipinski definition) is 3. The maximum atomic E-state index is 14.5. The van der Waals surface area contributed by atoms with Crippen molar-refractivity contribution in [3.8, 4) is 0 Å². The van der Waals surface area contributed by atoms with Crippen molar-refractivity contribution < 1.29 is 36.3 Å². The van der Waals surface area contributed by atoms with Crippen LogP contribution in [0.4, 0.5) is 26.7 Å².